The van der Waals surface area contributed by atoms with E-state index in [4.69, 9.17) is 4.42 Å². The molecule has 2 aromatic carbocycles. The molecule has 0 spiro atoms. The summed E-state index contributed by atoms with van der Waals surface area (Å²) in [5.41, 5.74) is 1.62. The topological polar surface area (TPSA) is 82.9 Å². The van der Waals surface area contributed by atoms with Crippen molar-refractivity contribution in [2.75, 3.05) is 13.1 Å². The van der Waals surface area contributed by atoms with Crippen LogP contribution in [0.25, 0.3) is 11.0 Å². The molecule has 1 fully saturated rings. The van der Waals surface area contributed by atoms with E-state index in [0.29, 0.717) is 24.4 Å². The quantitative estimate of drug-likeness (QED) is 0.682. The average Bonchev–Trinajstić information content (AvgIpc) is 3.29. The van der Waals surface area contributed by atoms with Crippen LogP contribution in [0.3, 0.4) is 0 Å². The number of amides is 4. The van der Waals surface area contributed by atoms with E-state index in [0.717, 1.165) is 22.3 Å². The van der Waals surface area contributed by atoms with Crippen molar-refractivity contribution >= 4 is 28.8 Å². The minimum absolute atomic E-state index is 0.248. The fourth-order valence-corrected chi connectivity index (χ4v) is 4.18. The van der Waals surface area contributed by atoms with Gasteiger partial charge in [-0.3, -0.25) is 14.5 Å². The SMILES string of the molecule is CC1(c2cc3ccccc3o2)NC(=O)N(CC(=O)N2CCc3ccccc3C2)C1=O. The molecule has 2 aliphatic rings. The molecule has 1 unspecified atom stereocenters. The van der Waals surface area contributed by atoms with Crippen LogP contribution in [0.4, 0.5) is 4.79 Å². The summed E-state index contributed by atoms with van der Waals surface area (Å²) in [6.07, 6.45) is 0.763. The van der Waals surface area contributed by atoms with Gasteiger partial charge in [0.1, 0.15) is 17.9 Å². The Morgan fingerprint density at radius 2 is 1.83 bits per heavy atom. The van der Waals surface area contributed by atoms with Crippen molar-refractivity contribution in [3.05, 3.63) is 71.5 Å². The van der Waals surface area contributed by atoms with Crippen LogP contribution in [0.5, 0.6) is 0 Å². The molecule has 1 saturated heterocycles. The molecule has 0 bridgehead atoms. The minimum atomic E-state index is -1.34. The number of nitrogens with zero attached hydrogens (tertiary/aromatic N) is 2. The van der Waals surface area contributed by atoms with Crippen LogP contribution in [0.15, 0.2) is 59.0 Å². The normalized spacial score (nSPS) is 21.1. The lowest BCUT2D eigenvalue weighted by Gasteiger charge is -2.30. The van der Waals surface area contributed by atoms with Gasteiger partial charge >= 0.3 is 6.03 Å². The molecule has 152 valence electrons. The minimum Gasteiger partial charge on any atom is -0.458 e. The number of benzene rings is 2. The van der Waals surface area contributed by atoms with Gasteiger partial charge in [0.25, 0.3) is 5.91 Å². The number of carbonyl (C=O) groups excluding carboxylic acids is 3. The summed E-state index contributed by atoms with van der Waals surface area (Å²) in [7, 11) is 0. The summed E-state index contributed by atoms with van der Waals surface area (Å²) in [5, 5.41) is 3.55. The van der Waals surface area contributed by atoms with E-state index in [9.17, 15) is 14.4 Å². The summed E-state index contributed by atoms with van der Waals surface area (Å²) >= 11 is 0. The molecule has 0 radical (unpaired) electrons. The summed E-state index contributed by atoms with van der Waals surface area (Å²) in [6, 6.07) is 16.6. The largest absolute Gasteiger partial charge is 0.458 e. The second kappa shape index (κ2) is 6.73. The van der Waals surface area contributed by atoms with Gasteiger partial charge in [0.05, 0.1) is 0 Å². The van der Waals surface area contributed by atoms with E-state index in [1.807, 2.05) is 36.4 Å². The third-order valence-electron chi connectivity index (χ3n) is 5.97. The number of hydrogen-bond acceptors (Lipinski definition) is 4. The number of carbonyl (C=O) groups is 3. The number of furan rings is 1. The van der Waals surface area contributed by atoms with Crippen molar-refractivity contribution in [2.24, 2.45) is 0 Å². The maximum Gasteiger partial charge on any atom is 0.325 e. The number of urea groups is 1. The highest BCUT2D eigenvalue weighted by atomic mass is 16.3. The van der Waals surface area contributed by atoms with Crippen LogP contribution < -0.4 is 5.32 Å². The molecule has 4 amide bonds. The average molecular weight is 403 g/mol. The maximum atomic E-state index is 13.1. The molecule has 2 aliphatic heterocycles. The first-order valence-electron chi connectivity index (χ1n) is 9.93. The molecule has 5 rings (SSSR count). The maximum absolute atomic E-state index is 13.1. The Morgan fingerprint density at radius 3 is 2.63 bits per heavy atom. The number of rotatable bonds is 3. The van der Waals surface area contributed by atoms with Crippen LogP contribution in [0.1, 0.15) is 23.8 Å². The number of imide groups is 1. The highest BCUT2D eigenvalue weighted by Crippen LogP contribution is 2.33. The van der Waals surface area contributed by atoms with Crippen molar-refractivity contribution in [1.82, 2.24) is 15.1 Å². The van der Waals surface area contributed by atoms with E-state index in [-0.39, 0.29) is 12.5 Å². The van der Waals surface area contributed by atoms with Crippen molar-refractivity contribution in [2.45, 2.75) is 25.4 Å². The van der Waals surface area contributed by atoms with Crippen LogP contribution in [0.2, 0.25) is 0 Å². The van der Waals surface area contributed by atoms with Gasteiger partial charge in [0.15, 0.2) is 5.54 Å². The van der Waals surface area contributed by atoms with Crippen LogP contribution in [0, 0.1) is 0 Å². The van der Waals surface area contributed by atoms with Crippen molar-refractivity contribution in [1.29, 1.82) is 0 Å². The van der Waals surface area contributed by atoms with Gasteiger partial charge in [0.2, 0.25) is 5.91 Å². The number of fused-ring (bicyclic) bond motifs is 2. The standard InChI is InChI=1S/C23H21N3O4/c1-23(19-12-16-7-4-5-9-18(16)30-19)21(28)26(22(29)24-23)14-20(27)25-11-10-15-6-2-3-8-17(15)13-25/h2-9,12H,10-11,13-14H2,1H3,(H,24,29). The molecule has 0 aliphatic carbocycles. The molecule has 3 heterocycles. The Labute approximate surface area is 173 Å². The van der Waals surface area contributed by atoms with E-state index < -0.39 is 17.5 Å². The molecule has 30 heavy (non-hydrogen) atoms. The Morgan fingerprint density at radius 1 is 1.10 bits per heavy atom. The molecular weight excluding hydrogens is 382 g/mol. The number of hydrogen-bond donors (Lipinski definition) is 1. The zero-order chi connectivity index (χ0) is 20.9. The van der Waals surface area contributed by atoms with E-state index in [1.165, 1.54) is 5.56 Å². The van der Waals surface area contributed by atoms with Gasteiger partial charge in [-0.1, -0.05) is 42.5 Å². The molecule has 0 saturated carbocycles. The summed E-state index contributed by atoms with van der Waals surface area (Å²) in [6.45, 7) is 2.37. The summed E-state index contributed by atoms with van der Waals surface area (Å²) in [5.74, 6) is -0.386. The fourth-order valence-electron chi connectivity index (χ4n) is 4.18. The lowest BCUT2D eigenvalue weighted by molar-refractivity contribution is -0.139. The third-order valence-corrected chi connectivity index (χ3v) is 5.97. The van der Waals surface area contributed by atoms with E-state index in [2.05, 4.69) is 11.4 Å². The van der Waals surface area contributed by atoms with Crippen molar-refractivity contribution in [3.8, 4) is 0 Å². The Hall–Kier alpha value is -3.61. The van der Waals surface area contributed by atoms with Crippen LogP contribution >= 0.6 is 0 Å². The Bertz CT molecular complexity index is 1150. The second-order valence-corrected chi connectivity index (χ2v) is 7.93. The molecular formula is C23H21N3O4. The first kappa shape index (κ1) is 18.4. The van der Waals surface area contributed by atoms with Gasteiger partial charge in [-0.2, -0.15) is 0 Å². The summed E-state index contributed by atoms with van der Waals surface area (Å²) < 4.78 is 5.82. The highest BCUT2D eigenvalue weighted by Gasteiger charge is 2.52. The Kier molecular flexibility index (Phi) is 4.13. The van der Waals surface area contributed by atoms with E-state index in [1.54, 1.807) is 24.0 Å². The molecule has 1 N–H and O–H groups in total. The van der Waals surface area contributed by atoms with Crippen molar-refractivity contribution in [3.63, 3.8) is 0 Å². The zero-order valence-corrected chi connectivity index (χ0v) is 16.6. The fraction of sp³-hybridized carbons (Fsp3) is 0.261. The smallest absolute Gasteiger partial charge is 0.325 e. The third kappa shape index (κ3) is 2.85. The van der Waals surface area contributed by atoms with Gasteiger partial charge in [0, 0.05) is 18.5 Å². The summed E-state index contributed by atoms with van der Waals surface area (Å²) in [4.78, 5) is 41.3. The van der Waals surface area contributed by atoms with Crippen molar-refractivity contribution < 1.29 is 18.8 Å². The molecule has 3 aromatic rings. The van der Waals surface area contributed by atoms with Gasteiger partial charge in [-0.25, -0.2) is 4.79 Å². The first-order valence-corrected chi connectivity index (χ1v) is 9.93. The van der Waals surface area contributed by atoms with E-state index >= 15 is 0 Å². The number of nitrogens with one attached hydrogen (secondary N) is 1. The zero-order valence-electron chi connectivity index (χ0n) is 16.6. The molecule has 7 nitrogen and oxygen atoms in total. The second-order valence-electron chi connectivity index (χ2n) is 7.93. The highest BCUT2D eigenvalue weighted by molar-refractivity contribution is 6.09. The molecule has 1 atom stereocenters. The van der Waals surface area contributed by atoms with Gasteiger partial charge in [-0.15, -0.1) is 0 Å². The van der Waals surface area contributed by atoms with Crippen LogP contribution in [-0.2, 0) is 28.1 Å². The predicted octanol–water partition coefficient (Wildman–Crippen LogP) is 2.78. The first-order chi connectivity index (χ1) is 14.5. The lowest BCUT2D eigenvalue weighted by atomic mass is 9.98. The predicted molar refractivity (Wildman–Crippen MR) is 109 cm³/mol. The van der Waals surface area contributed by atoms with Gasteiger partial charge in [-0.05, 0) is 36.6 Å². The molecule has 1 aromatic heterocycles. The number of para-hydroxylation sites is 1. The molecule has 7 heteroatoms. The van der Waals surface area contributed by atoms with Crippen LogP contribution in [-0.4, -0.2) is 40.7 Å². The Balaban J connectivity index is 1.35. The monoisotopic (exact) mass is 403 g/mol. The van der Waals surface area contributed by atoms with Gasteiger partial charge < -0.3 is 14.6 Å². The lowest BCUT2D eigenvalue weighted by Crippen LogP contribution is -2.45.